The molecule has 0 amide bonds. The van der Waals surface area contributed by atoms with E-state index in [9.17, 15) is 4.39 Å². The predicted octanol–water partition coefficient (Wildman–Crippen LogP) is 5.61. The Morgan fingerprint density at radius 1 is 0.880 bits per heavy atom. The molecule has 0 spiro atoms. The van der Waals surface area contributed by atoms with Gasteiger partial charge >= 0.3 is 0 Å². The number of ether oxygens (including phenoxy) is 1. The van der Waals surface area contributed by atoms with Crippen LogP contribution < -0.4 is 10.5 Å². The van der Waals surface area contributed by atoms with Crippen LogP contribution in [0.25, 0.3) is 11.1 Å². The van der Waals surface area contributed by atoms with Gasteiger partial charge in [0.1, 0.15) is 18.2 Å². The molecule has 0 atom stereocenters. The maximum atomic E-state index is 14.0. The quantitative estimate of drug-likeness (QED) is 0.627. The first-order valence-electron chi connectivity index (χ1n) is 7.63. The second-order valence-corrected chi connectivity index (χ2v) is 5.77. The van der Waals surface area contributed by atoms with Crippen molar-refractivity contribution in [1.29, 1.82) is 0 Å². The topological polar surface area (TPSA) is 35.2 Å². The first-order chi connectivity index (χ1) is 11.7. The van der Waals surface area contributed by atoms with Crippen LogP contribution in [0.1, 0.15) is 11.1 Å². The van der Waals surface area contributed by atoms with Gasteiger partial charge in [-0.1, -0.05) is 60.1 Å². The lowest BCUT2D eigenvalue weighted by molar-refractivity contribution is 0.306. The van der Waals surface area contributed by atoms with Crippen molar-refractivity contribution in [3.63, 3.8) is 0 Å². The zero-order chi connectivity index (χ0) is 16.9. The fourth-order valence-corrected chi connectivity index (χ4v) is 2.74. The lowest BCUT2D eigenvalue weighted by Gasteiger charge is -2.12. The second-order valence-electron chi connectivity index (χ2n) is 5.40. The number of nitrogens with two attached hydrogens (primary N) is 1. The number of benzene rings is 3. The summed E-state index contributed by atoms with van der Waals surface area (Å²) in [6.07, 6.45) is 0. The first-order valence-corrected chi connectivity index (χ1v) is 8.01. The Labute approximate surface area is 157 Å². The number of hydrogen-bond acceptors (Lipinski definition) is 2. The summed E-state index contributed by atoms with van der Waals surface area (Å²) in [5, 5.41) is 0.501. The van der Waals surface area contributed by atoms with E-state index < -0.39 is 0 Å². The van der Waals surface area contributed by atoms with Gasteiger partial charge in [-0.2, -0.15) is 0 Å². The molecule has 0 aliphatic rings. The van der Waals surface area contributed by atoms with E-state index in [1.165, 1.54) is 6.07 Å². The molecular weight excluding hydrogens is 360 g/mol. The normalized spacial score (nSPS) is 10.2. The second kappa shape index (κ2) is 8.86. The summed E-state index contributed by atoms with van der Waals surface area (Å²) in [5.41, 5.74) is 8.57. The van der Waals surface area contributed by atoms with Crippen LogP contribution in [0.5, 0.6) is 5.75 Å². The smallest absolute Gasteiger partial charge is 0.131 e. The summed E-state index contributed by atoms with van der Waals surface area (Å²) >= 11 is 6.47. The third kappa shape index (κ3) is 4.51. The Balaban J connectivity index is 0.00000225. The van der Waals surface area contributed by atoms with Gasteiger partial charge in [-0.25, -0.2) is 4.39 Å². The summed E-state index contributed by atoms with van der Waals surface area (Å²) < 4.78 is 19.8. The molecule has 0 aromatic heterocycles. The molecule has 0 heterocycles. The van der Waals surface area contributed by atoms with Crippen LogP contribution in [0.2, 0.25) is 5.02 Å². The van der Waals surface area contributed by atoms with Crippen molar-refractivity contribution in [2.45, 2.75) is 13.2 Å². The molecule has 130 valence electrons. The molecule has 0 fully saturated rings. The Hall–Kier alpha value is -2.07. The Morgan fingerprint density at radius 2 is 1.56 bits per heavy atom. The van der Waals surface area contributed by atoms with Crippen LogP contribution in [0.4, 0.5) is 4.39 Å². The molecule has 25 heavy (non-hydrogen) atoms. The van der Waals surface area contributed by atoms with Gasteiger partial charge in [-0.05, 0) is 23.8 Å². The van der Waals surface area contributed by atoms with Crippen molar-refractivity contribution in [1.82, 2.24) is 0 Å². The highest BCUT2D eigenvalue weighted by Crippen LogP contribution is 2.32. The fraction of sp³-hybridized carbons (Fsp3) is 0.100. The van der Waals surface area contributed by atoms with Crippen molar-refractivity contribution in [3.05, 3.63) is 88.7 Å². The largest absolute Gasteiger partial charge is 0.489 e. The standard InChI is InChI=1S/C20H17ClFNO.ClH/c21-20-15(13-24-16-10-8-14(12-23)9-11-16)4-3-6-18(20)17-5-1-2-7-19(17)22;/h1-11H,12-13,23H2;1H. The third-order valence-electron chi connectivity index (χ3n) is 3.80. The van der Waals surface area contributed by atoms with Gasteiger partial charge in [-0.15, -0.1) is 12.4 Å². The molecule has 5 heteroatoms. The monoisotopic (exact) mass is 377 g/mol. The summed E-state index contributed by atoms with van der Waals surface area (Å²) in [7, 11) is 0. The number of rotatable bonds is 5. The highest BCUT2D eigenvalue weighted by molar-refractivity contribution is 6.34. The fourth-order valence-electron chi connectivity index (χ4n) is 2.46. The van der Waals surface area contributed by atoms with Gasteiger partial charge in [-0.3, -0.25) is 0 Å². The van der Waals surface area contributed by atoms with E-state index in [1.54, 1.807) is 24.3 Å². The molecule has 0 aliphatic carbocycles. The summed E-state index contributed by atoms with van der Waals surface area (Å²) in [5.74, 6) is 0.439. The zero-order valence-electron chi connectivity index (χ0n) is 13.4. The van der Waals surface area contributed by atoms with E-state index in [2.05, 4.69) is 0 Å². The average Bonchev–Trinajstić information content (AvgIpc) is 2.62. The number of halogens is 3. The highest BCUT2D eigenvalue weighted by atomic mass is 35.5. The molecule has 2 N–H and O–H groups in total. The molecule has 0 bridgehead atoms. The molecule has 0 radical (unpaired) electrons. The Kier molecular flexibility index (Phi) is 6.82. The zero-order valence-corrected chi connectivity index (χ0v) is 15.0. The molecule has 3 aromatic rings. The van der Waals surface area contributed by atoms with E-state index in [4.69, 9.17) is 22.1 Å². The van der Waals surface area contributed by atoms with Crippen LogP contribution in [0, 0.1) is 5.82 Å². The van der Waals surface area contributed by atoms with Crippen LogP contribution in [-0.4, -0.2) is 0 Å². The first kappa shape index (κ1) is 19.3. The van der Waals surface area contributed by atoms with Crippen LogP contribution >= 0.6 is 24.0 Å². The van der Waals surface area contributed by atoms with Crippen LogP contribution in [-0.2, 0) is 13.2 Å². The summed E-state index contributed by atoms with van der Waals surface area (Å²) in [6.45, 7) is 0.805. The minimum atomic E-state index is -0.296. The maximum absolute atomic E-state index is 14.0. The molecule has 0 saturated heterocycles. The highest BCUT2D eigenvalue weighted by Gasteiger charge is 2.11. The molecule has 0 saturated carbocycles. The van der Waals surface area contributed by atoms with Crippen LogP contribution in [0.3, 0.4) is 0 Å². The molecule has 0 unspecified atom stereocenters. The predicted molar refractivity (Wildman–Crippen MR) is 103 cm³/mol. The Bertz CT molecular complexity index is 837. The molecule has 3 rings (SSSR count). The van der Waals surface area contributed by atoms with Crippen LogP contribution in [0.15, 0.2) is 66.7 Å². The molecular formula is C20H18Cl2FNO. The summed E-state index contributed by atoms with van der Waals surface area (Å²) in [4.78, 5) is 0. The average molecular weight is 378 g/mol. The minimum absolute atomic E-state index is 0. The number of hydrogen-bond donors (Lipinski definition) is 1. The van der Waals surface area contributed by atoms with E-state index >= 15 is 0 Å². The minimum Gasteiger partial charge on any atom is -0.489 e. The lowest BCUT2D eigenvalue weighted by Crippen LogP contribution is -1.99. The van der Waals surface area contributed by atoms with Gasteiger partial charge in [0.25, 0.3) is 0 Å². The molecule has 0 aliphatic heterocycles. The van der Waals surface area contributed by atoms with Gasteiger partial charge in [0.15, 0.2) is 0 Å². The van der Waals surface area contributed by atoms with E-state index in [0.29, 0.717) is 29.3 Å². The van der Waals surface area contributed by atoms with E-state index in [0.717, 1.165) is 16.9 Å². The lowest BCUT2D eigenvalue weighted by atomic mass is 10.0. The van der Waals surface area contributed by atoms with Crippen molar-refractivity contribution >= 4 is 24.0 Å². The van der Waals surface area contributed by atoms with Crippen molar-refractivity contribution in [3.8, 4) is 16.9 Å². The van der Waals surface area contributed by atoms with Gasteiger partial charge < -0.3 is 10.5 Å². The molecule has 3 aromatic carbocycles. The van der Waals surface area contributed by atoms with Gasteiger partial charge in [0, 0.05) is 23.2 Å². The van der Waals surface area contributed by atoms with Crippen molar-refractivity contribution in [2.75, 3.05) is 0 Å². The van der Waals surface area contributed by atoms with Gasteiger partial charge in [0.05, 0.1) is 5.02 Å². The molecule has 2 nitrogen and oxygen atoms in total. The van der Waals surface area contributed by atoms with Gasteiger partial charge in [0.2, 0.25) is 0 Å². The van der Waals surface area contributed by atoms with Crippen molar-refractivity contribution < 1.29 is 9.13 Å². The maximum Gasteiger partial charge on any atom is 0.131 e. The summed E-state index contributed by atoms with van der Waals surface area (Å²) in [6, 6.07) is 19.7. The van der Waals surface area contributed by atoms with E-state index in [-0.39, 0.29) is 18.2 Å². The third-order valence-corrected chi connectivity index (χ3v) is 4.24. The van der Waals surface area contributed by atoms with Crippen molar-refractivity contribution in [2.24, 2.45) is 5.73 Å². The SMILES string of the molecule is Cl.NCc1ccc(OCc2cccc(-c3ccccc3F)c2Cl)cc1. The Morgan fingerprint density at radius 3 is 2.24 bits per heavy atom. The van der Waals surface area contributed by atoms with E-state index in [1.807, 2.05) is 36.4 Å².